The highest BCUT2D eigenvalue weighted by Gasteiger charge is 2.41. The van der Waals surface area contributed by atoms with Gasteiger partial charge in [-0.25, -0.2) is 0 Å². The van der Waals surface area contributed by atoms with Gasteiger partial charge in [0.05, 0.1) is 5.41 Å². The third kappa shape index (κ3) is 3.72. The maximum atomic E-state index is 12.6. The molecule has 1 amide bonds. The number of hydrogen-bond donors (Lipinski definition) is 2. The molecule has 1 fully saturated rings. The number of ether oxygens (including phenoxy) is 1. The number of nitrogens with two attached hydrogens (primary N) is 1. The van der Waals surface area contributed by atoms with Gasteiger partial charge in [-0.1, -0.05) is 30.3 Å². The van der Waals surface area contributed by atoms with Crippen LogP contribution in [0.4, 0.5) is 0 Å². The molecule has 0 bridgehead atoms. The molecule has 1 aromatic rings. The van der Waals surface area contributed by atoms with Crippen molar-refractivity contribution in [2.24, 2.45) is 5.73 Å². The topological polar surface area (TPSA) is 64.3 Å². The third-order valence-corrected chi connectivity index (χ3v) is 3.77. The molecule has 3 N–H and O–H groups in total. The van der Waals surface area contributed by atoms with E-state index >= 15 is 0 Å². The van der Waals surface area contributed by atoms with Crippen LogP contribution in [0.1, 0.15) is 24.8 Å². The lowest BCUT2D eigenvalue weighted by Gasteiger charge is -2.36. The summed E-state index contributed by atoms with van der Waals surface area (Å²) in [4.78, 5) is 12.6. The highest BCUT2D eigenvalue weighted by atomic mass is 35.5. The van der Waals surface area contributed by atoms with Gasteiger partial charge in [-0.05, 0) is 31.4 Å². The second kappa shape index (κ2) is 8.25. The fourth-order valence-corrected chi connectivity index (χ4v) is 2.60. The van der Waals surface area contributed by atoms with Crippen LogP contribution in [0.2, 0.25) is 0 Å². The van der Waals surface area contributed by atoms with Gasteiger partial charge in [0, 0.05) is 19.8 Å². The Morgan fingerprint density at radius 2 is 1.90 bits per heavy atom. The lowest BCUT2D eigenvalue weighted by atomic mass is 9.73. The van der Waals surface area contributed by atoms with Crippen LogP contribution in [0.5, 0.6) is 0 Å². The summed E-state index contributed by atoms with van der Waals surface area (Å²) in [7, 11) is 0. The molecule has 0 spiro atoms. The molecular weight excluding hydrogens is 276 g/mol. The summed E-state index contributed by atoms with van der Waals surface area (Å²) >= 11 is 0. The second-order valence-corrected chi connectivity index (χ2v) is 4.96. The molecule has 1 aromatic carbocycles. The smallest absolute Gasteiger partial charge is 0.230 e. The molecular formula is C15H23ClN2O2. The first-order valence-electron chi connectivity index (χ1n) is 6.91. The summed E-state index contributed by atoms with van der Waals surface area (Å²) in [5.74, 6) is 0.107. The quantitative estimate of drug-likeness (QED) is 0.812. The van der Waals surface area contributed by atoms with Crippen molar-refractivity contribution in [1.82, 2.24) is 5.32 Å². The minimum atomic E-state index is -0.436. The lowest BCUT2D eigenvalue weighted by molar-refractivity contribution is -0.130. The Hall–Kier alpha value is -1.10. The molecule has 4 nitrogen and oxygen atoms in total. The number of rotatable bonds is 5. The predicted octanol–water partition coefficient (Wildman–Crippen LogP) is 1.62. The molecule has 0 aliphatic carbocycles. The van der Waals surface area contributed by atoms with Gasteiger partial charge in [0.15, 0.2) is 0 Å². The van der Waals surface area contributed by atoms with Crippen molar-refractivity contribution in [1.29, 1.82) is 0 Å². The molecule has 5 heteroatoms. The zero-order valence-corrected chi connectivity index (χ0v) is 12.5. The average molecular weight is 299 g/mol. The first-order chi connectivity index (χ1) is 9.29. The van der Waals surface area contributed by atoms with E-state index in [0.717, 1.165) is 24.8 Å². The van der Waals surface area contributed by atoms with Gasteiger partial charge in [0.1, 0.15) is 0 Å². The summed E-state index contributed by atoms with van der Waals surface area (Å²) in [6, 6.07) is 10.0. The van der Waals surface area contributed by atoms with Gasteiger partial charge in [0.25, 0.3) is 0 Å². The highest BCUT2D eigenvalue weighted by Crippen LogP contribution is 2.35. The fourth-order valence-electron chi connectivity index (χ4n) is 2.60. The number of nitrogens with one attached hydrogen (secondary N) is 1. The summed E-state index contributed by atoms with van der Waals surface area (Å²) in [5.41, 5.74) is 6.12. The first kappa shape index (κ1) is 17.0. The standard InChI is InChI=1S/C15H22N2O2.ClH/c16-9-4-10-17-14(18)15(7-11-19-12-8-15)13-5-2-1-3-6-13;/h1-3,5-6H,4,7-12,16H2,(H,17,18);1H. The second-order valence-electron chi connectivity index (χ2n) is 4.96. The zero-order chi connectivity index (χ0) is 13.6. The molecule has 1 aliphatic rings. The lowest BCUT2D eigenvalue weighted by Crippen LogP contribution is -2.48. The Labute approximate surface area is 126 Å². The largest absolute Gasteiger partial charge is 0.381 e. The predicted molar refractivity (Wildman–Crippen MR) is 82.1 cm³/mol. The highest BCUT2D eigenvalue weighted by molar-refractivity contribution is 5.88. The molecule has 0 unspecified atom stereocenters. The molecule has 0 aromatic heterocycles. The van der Waals surface area contributed by atoms with E-state index in [2.05, 4.69) is 5.32 Å². The number of halogens is 1. The van der Waals surface area contributed by atoms with Gasteiger partial charge in [0.2, 0.25) is 5.91 Å². The Morgan fingerprint density at radius 3 is 2.50 bits per heavy atom. The van der Waals surface area contributed by atoms with Crippen LogP contribution in [0, 0.1) is 0 Å². The number of carbonyl (C=O) groups is 1. The Morgan fingerprint density at radius 1 is 1.25 bits per heavy atom. The molecule has 0 saturated carbocycles. The van der Waals surface area contributed by atoms with Crippen LogP contribution in [-0.4, -0.2) is 32.2 Å². The van der Waals surface area contributed by atoms with E-state index in [1.807, 2.05) is 30.3 Å². The van der Waals surface area contributed by atoms with Crippen molar-refractivity contribution >= 4 is 18.3 Å². The molecule has 112 valence electrons. The summed E-state index contributed by atoms with van der Waals surface area (Å²) in [6.45, 7) is 2.52. The molecule has 0 radical (unpaired) electrons. The van der Waals surface area contributed by atoms with E-state index in [4.69, 9.17) is 10.5 Å². The first-order valence-corrected chi connectivity index (χ1v) is 6.91. The van der Waals surface area contributed by atoms with Crippen LogP contribution >= 0.6 is 12.4 Å². The Balaban J connectivity index is 0.00000200. The minimum Gasteiger partial charge on any atom is -0.381 e. The minimum absolute atomic E-state index is 0. The molecule has 0 atom stereocenters. The Bertz CT molecular complexity index is 406. The van der Waals surface area contributed by atoms with Crippen LogP contribution in [0.15, 0.2) is 30.3 Å². The van der Waals surface area contributed by atoms with Crippen molar-refractivity contribution in [3.63, 3.8) is 0 Å². The van der Waals surface area contributed by atoms with E-state index in [9.17, 15) is 4.79 Å². The van der Waals surface area contributed by atoms with E-state index in [1.54, 1.807) is 0 Å². The van der Waals surface area contributed by atoms with Crippen molar-refractivity contribution in [3.05, 3.63) is 35.9 Å². The number of amides is 1. The summed E-state index contributed by atoms with van der Waals surface area (Å²) in [5, 5.41) is 3.02. The molecule has 2 rings (SSSR count). The van der Waals surface area contributed by atoms with Crippen molar-refractivity contribution in [2.45, 2.75) is 24.7 Å². The average Bonchev–Trinajstić information content (AvgIpc) is 2.49. The van der Waals surface area contributed by atoms with Gasteiger partial charge in [-0.15, -0.1) is 12.4 Å². The van der Waals surface area contributed by atoms with Crippen LogP contribution in [0.3, 0.4) is 0 Å². The van der Waals surface area contributed by atoms with Gasteiger partial charge < -0.3 is 15.8 Å². The van der Waals surface area contributed by atoms with Gasteiger partial charge in [-0.3, -0.25) is 4.79 Å². The van der Waals surface area contributed by atoms with Crippen LogP contribution < -0.4 is 11.1 Å². The number of carbonyl (C=O) groups excluding carboxylic acids is 1. The maximum absolute atomic E-state index is 12.6. The summed E-state index contributed by atoms with van der Waals surface area (Å²) in [6.07, 6.45) is 2.30. The number of benzene rings is 1. The molecule has 1 saturated heterocycles. The van der Waals surface area contributed by atoms with E-state index in [-0.39, 0.29) is 18.3 Å². The van der Waals surface area contributed by atoms with Crippen molar-refractivity contribution < 1.29 is 9.53 Å². The van der Waals surface area contributed by atoms with Crippen LogP contribution in [-0.2, 0) is 14.9 Å². The molecule has 1 aliphatic heterocycles. The Kier molecular flexibility index (Phi) is 6.99. The van der Waals surface area contributed by atoms with Gasteiger partial charge in [-0.2, -0.15) is 0 Å². The van der Waals surface area contributed by atoms with Crippen molar-refractivity contribution in [2.75, 3.05) is 26.3 Å². The van der Waals surface area contributed by atoms with Gasteiger partial charge >= 0.3 is 0 Å². The maximum Gasteiger partial charge on any atom is 0.230 e. The fraction of sp³-hybridized carbons (Fsp3) is 0.533. The monoisotopic (exact) mass is 298 g/mol. The van der Waals surface area contributed by atoms with E-state index in [0.29, 0.717) is 26.3 Å². The number of hydrogen-bond acceptors (Lipinski definition) is 3. The molecule has 20 heavy (non-hydrogen) atoms. The van der Waals surface area contributed by atoms with E-state index in [1.165, 1.54) is 0 Å². The third-order valence-electron chi connectivity index (χ3n) is 3.77. The van der Waals surface area contributed by atoms with E-state index < -0.39 is 5.41 Å². The normalized spacial score (nSPS) is 17.1. The molecule has 1 heterocycles. The SMILES string of the molecule is Cl.NCCCNC(=O)C1(c2ccccc2)CCOCC1. The zero-order valence-electron chi connectivity index (χ0n) is 11.6. The van der Waals surface area contributed by atoms with Crippen molar-refractivity contribution in [3.8, 4) is 0 Å². The van der Waals surface area contributed by atoms with Crippen LogP contribution in [0.25, 0.3) is 0 Å². The summed E-state index contributed by atoms with van der Waals surface area (Å²) < 4.78 is 5.42.